The molecule has 4 aromatic rings. The number of hydrogen-bond donors (Lipinski definition) is 5. The Balaban J connectivity index is 1.42. The Morgan fingerprint density at radius 1 is 0.840 bits per heavy atom. The van der Waals surface area contributed by atoms with Crippen LogP contribution < -0.4 is 21.9 Å². The predicted octanol–water partition coefficient (Wildman–Crippen LogP) is 4.50. The van der Waals surface area contributed by atoms with Crippen LogP contribution in [0.15, 0.2) is 107 Å². The second-order valence-corrected chi connectivity index (χ2v) is 14.3. The molecule has 0 aliphatic carbocycles. The lowest BCUT2D eigenvalue weighted by molar-refractivity contribution is -0.0552. The monoisotopic (exact) mass is 730 g/mol. The van der Waals surface area contributed by atoms with Crippen molar-refractivity contribution in [1.29, 1.82) is 0 Å². The van der Waals surface area contributed by atoms with Gasteiger partial charge in [0.1, 0.15) is 6.10 Å². The molecule has 1 aliphatic heterocycles. The molecule has 0 radical (unpaired) electrons. The van der Waals surface area contributed by atoms with Crippen LogP contribution in [0.2, 0.25) is 0 Å². The highest BCUT2D eigenvalue weighted by molar-refractivity contribution is 7.63. The lowest BCUT2D eigenvalue weighted by atomic mass is 10.1. The number of nitrogens with one attached hydrogen (secondary N) is 3. The number of para-hydroxylation sites is 2. The molecule has 0 saturated carbocycles. The predicted molar refractivity (Wildman–Crippen MR) is 177 cm³/mol. The van der Waals surface area contributed by atoms with Gasteiger partial charge in [-0.05, 0) is 42.3 Å². The summed E-state index contributed by atoms with van der Waals surface area (Å²) in [5.41, 5.74) is -0.0853. The van der Waals surface area contributed by atoms with Crippen molar-refractivity contribution in [2.24, 2.45) is 0 Å². The average molecular weight is 731 g/mol. The number of benzene rings is 3. The number of hydrogen-bond acceptors (Lipinski definition) is 11. The zero-order chi connectivity index (χ0) is 35.9. The zero-order valence-corrected chi connectivity index (χ0v) is 28.0. The van der Waals surface area contributed by atoms with Crippen LogP contribution in [0.5, 0.6) is 0 Å². The van der Waals surface area contributed by atoms with Crippen LogP contribution in [-0.4, -0.2) is 56.4 Å². The molecule has 0 spiro atoms. The van der Waals surface area contributed by atoms with E-state index >= 15 is 0 Å². The van der Waals surface area contributed by atoms with Crippen LogP contribution in [-0.2, 0) is 38.3 Å². The minimum atomic E-state index is -5.32. The average Bonchev–Trinajstić information content (AvgIpc) is 3.37. The van der Waals surface area contributed by atoms with Crippen molar-refractivity contribution in [3.63, 3.8) is 0 Å². The molecule has 5 rings (SSSR count). The molecule has 1 aliphatic rings. The number of aromatic amines is 1. The van der Waals surface area contributed by atoms with Gasteiger partial charge in [0.15, 0.2) is 18.4 Å². The number of nitrogens with zero attached hydrogens (tertiary/aromatic N) is 1. The van der Waals surface area contributed by atoms with Crippen LogP contribution in [0.4, 0.5) is 21.0 Å². The van der Waals surface area contributed by atoms with Gasteiger partial charge in [0.05, 0.1) is 12.8 Å². The quantitative estimate of drug-likeness (QED) is 0.127. The highest BCUT2D eigenvalue weighted by Gasteiger charge is 2.52. The Bertz CT molecular complexity index is 2030. The Labute approximate surface area is 283 Å². The molecule has 2 amide bonds. The number of amides is 2. The second-order valence-electron chi connectivity index (χ2n) is 10.9. The van der Waals surface area contributed by atoms with Crippen LogP contribution in [0, 0.1) is 6.92 Å². The molecule has 1 saturated heterocycles. The van der Waals surface area contributed by atoms with Gasteiger partial charge in [-0.2, -0.15) is 0 Å². The summed E-state index contributed by atoms with van der Waals surface area (Å²) < 4.78 is 53.5. The SMILES string of the molecule is Cc1ccccc1CP(=O)(O)OP(=O)(O)OC[C@H]1O[C@@H](n2ccc(=O)[nH]c2=O)C(OC(=O)Nc2ccccc2)[C@H]1OC(=O)Nc1ccccc1. The number of H-pyrrole nitrogens is 1. The summed E-state index contributed by atoms with van der Waals surface area (Å²) in [4.78, 5) is 73.7. The third-order valence-corrected chi connectivity index (χ3v) is 10.3. The van der Waals surface area contributed by atoms with Crippen molar-refractivity contribution in [3.05, 3.63) is 129 Å². The number of carbonyl (C=O) groups is 2. The van der Waals surface area contributed by atoms with Gasteiger partial charge in [-0.25, -0.2) is 23.3 Å². The van der Waals surface area contributed by atoms with E-state index in [1.807, 2.05) is 4.98 Å². The number of aromatic nitrogens is 2. The number of phosphoric acid groups is 1. The van der Waals surface area contributed by atoms with Crippen molar-refractivity contribution in [3.8, 4) is 0 Å². The smallest absolute Gasteiger partial charge is 0.439 e. The largest absolute Gasteiger partial charge is 0.479 e. The molecule has 1 aromatic heterocycles. The van der Waals surface area contributed by atoms with Gasteiger partial charge in [-0.1, -0.05) is 60.7 Å². The fraction of sp³-hybridized carbons (Fsp3) is 0.226. The summed E-state index contributed by atoms with van der Waals surface area (Å²) in [6, 6.07) is 23.8. The molecule has 264 valence electrons. The first-order valence-electron chi connectivity index (χ1n) is 14.9. The van der Waals surface area contributed by atoms with Crippen molar-refractivity contribution < 1.29 is 51.6 Å². The molecule has 6 atom stereocenters. The summed E-state index contributed by atoms with van der Waals surface area (Å²) in [5.74, 6) is 0. The number of carbonyl (C=O) groups excluding carboxylic acids is 2. The standard InChI is InChI=1S/C31H32N4O13P2/c1-20-10-8-9-11-21(20)19-49(40,41)48-50(42,43)44-18-24-26(46-30(38)32-22-12-4-2-5-13-22)27(47-31(39)33-23-14-6-3-7-15-23)28(45-24)35-17-16-25(36)34-29(35)37/h2-17,24,26-28H,18-19H2,1H3,(H,32,38)(H,33,39)(H,40,41)(H,42,43)(H,34,36,37)/t24-,26+,27?,28-/m1/s1. The van der Waals surface area contributed by atoms with E-state index in [1.165, 1.54) is 0 Å². The number of aryl methyl sites for hydroxylation is 1. The summed E-state index contributed by atoms with van der Waals surface area (Å²) in [7, 11) is -10.1. The molecular weight excluding hydrogens is 698 g/mol. The first-order chi connectivity index (χ1) is 23.8. The van der Waals surface area contributed by atoms with E-state index in [4.69, 9.17) is 18.7 Å². The van der Waals surface area contributed by atoms with Crippen molar-refractivity contribution in [2.75, 3.05) is 17.2 Å². The molecule has 3 aromatic carbocycles. The molecule has 3 unspecified atom stereocenters. The highest BCUT2D eigenvalue weighted by atomic mass is 31.3. The van der Waals surface area contributed by atoms with Gasteiger partial charge >= 0.3 is 33.3 Å². The molecular formula is C31H32N4O13P2. The van der Waals surface area contributed by atoms with Gasteiger partial charge in [0.25, 0.3) is 5.56 Å². The molecule has 50 heavy (non-hydrogen) atoms. The fourth-order valence-corrected chi connectivity index (χ4v) is 7.76. The van der Waals surface area contributed by atoms with Crippen molar-refractivity contribution in [2.45, 2.75) is 37.6 Å². The van der Waals surface area contributed by atoms with Crippen molar-refractivity contribution in [1.82, 2.24) is 9.55 Å². The Hall–Kier alpha value is -4.86. The van der Waals surface area contributed by atoms with Gasteiger partial charge in [0, 0.05) is 23.6 Å². The van der Waals surface area contributed by atoms with E-state index in [2.05, 4.69) is 14.9 Å². The third-order valence-electron chi connectivity index (χ3n) is 7.20. The maximum atomic E-state index is 13.1. The van der Waals surface area contributed by atoms with E-state index in [1.54, 1.807) is 91.9 Å². The number of ether oxygens (including phenoxy) is 3. The number of rotatable bonds is 12. The van der Waals surface area contributed by atoms with Crippen LogP contribution in [0.1, 0.15) is 17.4 Å². The molecule has 17 nitrogen and oxygen atoms in total. The highest BCUT2D eigenvalue weighted by Crippen LogP contribution is 2.61. The first kappa shape index (κ1) is 36.4. The molecule has 19 heteroatoms. The van der Waals surface area contributed by atoms with Gasteiger partial charge in [0.2, 0.25) is 0 Å². The Morgan fingerprint density at radius 2 is 1.40 bits per heavy atom. The van der Waals surface area contributed by atoms with Crippen LogP contribution >= 0.6 is 15.4 Å². The lowest BCUT2D eigenvalue weighted by Gasteiger charge is -2.25. The summed E-state index contributed by atoms with van der Waals surface area (Å²) in [6.07, 6.45) is -8.21. The second kappa shape index (κ2) is 15.8. The van der Waals surface area contributed by atoms with E-state index in [-0.39, 0.29) is 0 Å². The number of phosphoric ester groups is 1. The fourth-order valence-electron chi connectivity index (χ4n) is 4.93. The van der Waals surface area contributed by atoms with E-state index in [0.717, 1.165) is 16.8 Å². The number of anilines is 2. The Kier molecular flexibility index (Phi) is 11.5. The molecule has 2 heterocycles. The lowest BCUT2D eigenvalue weighted by Crippen LogP contribution is -2.44. The van der Waals surface area contributed by atoms with E-state index in [0.29, 0.717) is 22.5 Å². The minimum absolute atomic E-state index is 0.317. The molecule has 0 bridgehead atoms. The molecule has 1 fully saturated rings. The van der Waals surface area contributed by atoms with E-state index in [9.17, 15) is 38.1 Å². The van der Waals surface area contributed by atoms with Crippen molar-refractivity contribution >= 4 is 39.0 Å². The minimum Gasteiger partial charge on any atom is -0.439 e. The van der Waals surface area contributed by atoms with Gasteiger partial charge in [-0.3, -0.25) is 34.1 Å². The van der Waals surface area contributed by atoms with Gasteiger partial charge < -0.3 is 24.0 Å². The summed E-state index contributed by atoms with van der Waals surface area (Å²) in [6.45, 7) is 0.731. The summed E-state index contributed by atoms with van der Waals surface area (Å²) >= 11 is 0. The summed E-state index contributed by atoms with van der Waals surface area (Å²) in [5, 5.41) is 4.97. The first-order valence-corrected chi connectivity index (χ1v) is 18.1. The van der Waals surface area contributed by atoms with Gasteiger partial charge in [-0.15, -0.1) is 0 Å². The molecule has 5 N–H and O–H groups in total. The van der Waals surface area contributed by atoms with Crippen LogP contribution in [0.3, 0.4) is 0 Å². The maximum absolute atomic E-state index is 13.1. The Morgan fingerprint density at radius 3 is 1.98 bits per heavy atom. The topological polar surface area (TPSA) is 234 Å². The maximum Gasteiger partial charge on any atom is 0.479 e. The normalized spacial score (nSPS) is 20.9. The van der Waals surface area contributed by atoms with E-state index < -0.39 is 76.2 Å². The van der Waals surface area contributed by atoms with Crippen LogP contribution in [0.25, 0.3) is 0 Å². The zero-order valence-electron chi connectivity index (χ0n) is 26.2. The third kappa shape index (κ3) is 9.86.